The summed E-state index contributed by atoms with van der Waals surface area (Å²) in [5.41, 5.74) is 0.670. The van der Waals surface area contributed by atoms with Crippen molar-refractivity contribution in [3.8, 4) is 11.5 Å². The van der Waals surface area contributed by atoms with E-state index >= 15 is 0 Å². The van der Waals surface area contributed by atoms with Crippen LogP contribution in [0.15, 0.2) is 48.5 Å². The van der Waals surface area contributed by atoms with Crippen LogP contribution >= 0.6 is 0 Å². The fourth-order valence-corrected chi connectivity index (χ4v) is 1.71. The molecule has 2 aromatic rings. The maximum absolute atomic E-state index is 13.5. The molecule has 0 spiro atoms. The minimum Gasteiger partial charge on any atom is -0.454 e. The molecule has 94 valence electrons. The number of hydrogen-bond acceptors (Lipinski definition) is 2. The predicted molar refractivity (Wildman–Crippen MR) is 68.2 cm³/mol. The molecule has 2 nitrogen and oxygen atoms in total. The lowest BCUT2D eigenvalue weighted by Crippen LogP contribution is -1.99. The molecule has 0 radical (unpaired) electrons. The minimum absolute atomic E-state index is 0.160. The zero-order valence-corrected chi connectivity index (χ0v) is 10.1. The van der Waals surface area contributed by atoms with Crippen LogP contribution in [0.4, 0.5) is 4.39 Å². The van der Waals surface area contributed by atoms with Gasteiger partial charge in [0.15, 0.2) is 11.6 Å². The minimum atomic E-state index is -0.604. The van der Waals surface area contributed by atoms with Crippen LogP contribution in [0.1, 0.15) is 25.0 Å². The molecule has 0 aromatic heterocycles. The van der Waals surface area contributed by atoms with Gasteiger partial charge < -0.3 is 9.84 Å². The molecule has 0 bridgehead atoms. The number of aliphatic hydroxyl groups is 1. The smallest absolute Gasteiger partial charge is 0.165 e. The molecule has 2 rings (SSSR count). The summed E-state index contributed by atoms with van der Waals surface area (Å²) in [6, 6.07) is 13.3. The predicted octanol–water partition coefficient (Wildman–Crippen LogP) is 4.06. The third kappa shape index (κ3) is 2.68. The Bertz CT molecular complexity index is 525. The molecule has 0 aliphatic heterocycles. The summed E-state index contributed by atoms with van der Waals surface area (Å²) in [7, 11) is 0. The first-order chi connectivity index (χ1) is 8.72. The SMILES string of the molecule is CCC(O)c1ccccc1Oc1ccccc1F. The van der Waals surface area contributed by atoms with E-state index in [2.05, 4.69) is 0 Å². The number of halogens is 1. The molecule has 0 aliphatic carbocycles. The van der Waals surface area contributed by atoms with Crippen molar-refractivity contribution in [1.29, 1.82) is 0 Å². The molecular weight excluding hydrogens is 231 g/mol. The molecule has 0 aliphatic rings. The highest BCUT2D eigenvalue weighted by atomic mass is 19.1. The number of benzene rings is 2. The Hall–Kier alpha value is -1.87. The van der Waals surface area contributed by atoms with E-state index < -0.39 is 11.9 Å². The van der Waals surface area contributed by atoms with E-state index in [-0.39, 0.29) is 5.75 Å². The molecule has 0 heterocycles. The van der Waals surface area contributed by atoms with Crippen molar-refractivity contribution in [3.63, 3.8) is 0 Å². The summed E-state index contributed by atoms with van der Waals surface area (Å²) in [5.74, 6) is 0.225. The van der Waals surface area contributed by atoms with E-state index in [0.29, 0.717) is 17.7 Å². The summed E-state index contributed by atoms with van der Waals surface area (Å²) < 4.78 is 19.0. The van der Waals surface area contributed by atoms with Crippen LogP contribution in [0.5, 0.6) is 11.5 Å². The first kappa shape index (κ1) is 12.6. The number of aliphatic hydroxyl groups excluding tert-OH is 1. The topological polar surface area (TPSA) is 29.5 Å². The quantitative estimate of drug-likeness (QED) is 0.881. The van der Waals surface area contributed by atoms with Gasteiger partial charge in [-0.05, 0) is 24.6 Å². The summed E-state index contributed by atoms with van der Waals surface area (Å²) in [6.07, 6.45) is -0.0227. The molecule has 1 N–H and O–H groups in total. The van der Waals surface area contributed by atoms with Gasteiger partial charge in [-0.3, -0.25) is 0 Å². The van der Waals surface area contributed by atoms with E-state index in [0.717, 1.165) is 0 Å². The van der Waals surface area contributed by atoms with Gasteiger partial charge in [0.2, 0.25) is 0 Å². The van der Waals surface area contributed by atoms with Gasteiger partial charge in [-0.15, -0.1) is 0 Å². The van der Waals surface area contributed by atoms with Gasteiger partial charge in [-0.1, -0.05) is 37.3 Å². The third-order valence-electron chi connectivity index (χ3n) is 2.72. The third-order valence-corrected chi connectivity index (χ3v) is 2.72. The summed E-state index contributed by atoms with van der Waals surface area (Å²) in [5, 5.41) is 9.88. The van der Waals surface area contributed by atoms with Gasteiger partial charge in [-0.25, -0.2) is 4.39 Å². The number of hydrogen-bond donors (Lipinski definition) is 1. The van der Waals surface area contributed by atoms with Crippen molar-refractivity contribution in [2.75, 3.05) is 0 Å². The molecule has 0 fully saturated rings. The number of rotatable bonds is 4. The van der Waals surface area contributed by atoms with Crippen molar-refractivity contribution in [2.24, 2.45) is 0 Å². The molecule has 0 saturated heterocycles. The second-order valence-corrected chi connectivity index (χ2v) is 3.99. The monoisotopic (exact) mass is 246 g/mol. The van der Waals surface area contributed by atoms with Crippen molar-refractivity contribution >= 4 is 0 Å². The van der Waals surface area contributed by atoms with Crippen LogP contribution < -0.4 is 4.74 Å². The van der Waals surface area contributed by atoms with Crippen LogP contribution in [0.2, 0.25) is 0 Å². The van der Waals surface area contributed by atoms with Crippen LogP contribution in [-0.2, 0) is 0 Å². The second-order valence-electron chi connectivity index (χ2n) is 3.99. The first-order valence-electron chi connectivity index (χ1n) is 5.91. The van der Waals surface area contributed by atoms with Crippen LogP contribution in [0.3, 0.4) is 0 Å². The van der Waals surface area contributed by atoms with Gasteiger partial charge >= 0.3 is 0 Å². The van der Waals surface area contributed by atoms with Crippen molar-refractivity contribution < 1.29 is 14.2 Å². The fourth-order valence-electron chi connectivity index (χ4n) is 1.71. The van der Waals surface area contributed by atoms with Crippen LogP contribution in [0, 0.1) is 5.82 Å². The van der Waals surface area contributed by atoms with Crippen molar-refractivity contribution in [1.82, 2.24) is 0 Å². The molecule has 18 heavy (non-hydrogen) atoms. The Balaban J connectivity index is 2.32. The van der Waals surface area contributed by atoms with E-state index in [4.69, 9.17) is 4.74 Å². The number of para-hydroxylation sites is 2. The summed E-state index contributed by atoms with van der Waals surface area (Å²) in [4.78, 5) is 0. The first-order valence-corrected chi connectivity index (χ1v) is 5.91. The molecule has 0 amide bonds. The molecule has 3 heteroatoms. The highest BCUT2D eigenvalue weighted by Crippen LogP contribution is 2.31. The highest BCUT2D eigenvalue weighted by Gasteiger charge is 2.12. The number of ether oxygens (including phenoxy) is 1. The lowest BCUT2D eigenvalue weighted by molar-refractivity contribution is 0.170. The molecule has 1 unspecified atom stereocenters. The van der Waals surface area contributed by atoms with E-state index in [1.807, 2.05) is 13.0 Å². The molecule has 1 atom stereocenters. The van der Waals surface area contributed by atoms with Crippen molar-refractivity contribution in [3.05, 3.63) is 59.9 Å². The van der Waals surface area contributed by atoms with Crippen molar-refractivity contribution in [2.45, 2.75) is 19.4 Å². The second kappa shape index (κ2) is 5.65. The largest absolute Gasteiger partial charge is 0.454 e. The van der Waals surface area contributed by atoms with Gasteiger partial charge in [0, 0.05) is 5.56 Å². The van der Waals surface area contributed by atoms with E-state index in [1.165, 1.54) is 6.07 Å². The van der Waals surface area contributed by atoms with E-state index in [1.54, 1.807) is 36.4 Å². The van der Waals surface area contributed by atoms with E-state index in [9.17, 15) is 9.50 Å². The van der Waals surface area contributed by atoms with Gasteiger partial charge in [0.05, 0.1) is 6.10 Å². The maximum Gasteiger partial charge on any atom is 0.165 e. The lowest BCUT2D eigenvalue weighted by atomic mass is 10.1. The zero-order chi connectivity index (χ0) is 13.0. The molecular formula is C15H15FO2. The van der Waals surface area contributed by atoms with Gasteiger partial charge in [0.1, 0.15) is 5.75 Å². The van der Waals surface area contributed by atoms with Gasteiger partial charge in [0.25, 0.3) is 0 Å². The maximum atomic E-state index is 13.5. The molecule has 0 saturated carbocycles. The lowest BCUT2D eigenvalue weighted by Gasteiger charge is -2.14. The van der Waals surface area contributed by atoms with Crippen LogP contribution in [-0.4, -0.2) is 5.11 Å². The van der Waals surface area contributed by atoms with Crippen LogP contribution in [0.25, 0.3) is 0 Å². The Morgan fingerprint density at radius 2 is 1.67 bits per heavy atom. The zero-order valence-electron chi connectivity index (χ0n) is 10.1. The Morgan fingerprint density at radius 1 is 1.06 bits per heavy atom. The normalized spacial score (nSPS) is 12.2. The summed E-state index contributed by atoms with van der Waals surface area (Å²) in [6.45, 7) is 1.88. The Labute approximate surface area is 106 Å². The Kier molecular flexibility index (Phi) is 3.95. The fraction of sp³-hybridized carbons (Fsp3) is 0.200. The average Bonchev–Trinajstić information content (AvgIpc) is 2.41. The standard InChI is InChI=1S/C15H15FO2/c1-2-13(17)11-7-3-5-9-14(11)18-15-10-6-4-8-12(15)16/h3-10,13,17H,2H2,1H3. The average molecular weight is 246 g/mol. The van der Waals surface area contributed by atoms with Gasteiger partial charge in [-0.2, -0.15) is 0 Å². The highest BCUT2D eigenvalue weighted by molar-refractivity contribution is 5.39. The molecule has 2 aromatic carbocycles. The summed E-state index contributed by atoms with van der Waals surface area (Å²) >= 11 is 0. The Morgan fingerprint density at radius 3 is 2.33 bits per heavy atom.